The Hall–Kier alpha value is -2.47. The number of hydrogen-bond acceptors (Lipinski definition) is 5. The van der Waals surface area contributed by atoms with E-state index in [1.165, 1.54) is 0 Å². The molecular formula is C18H15BrN4O. The molecule has 0 bridgehead atoms. The molecule has 0 aliphatic carbocycles. The molecule has 5 nitrogen and oxygen atoms in total. The van der Waals surface area contributed by atoms with Gasteiger partial charge in [-0.25, -0.2) is 0 Å². The lowest BCUT2D eigenvalue weighted by molar-refractivity contribution is 0.432. The standard InChI is InChI=1S/C18H15BrN4O/c1-11-10-20-16(21-11)12-6-8-13(9-7-12)17-22-18(24-23-17)14-4-2-3-5-15(14)19/h2-9,11H,10H2,1H3,(H,20,21). The van der Waals surface area contributed by atoms with Crippen molar-refractivity contribution >= 4 is 21.8 Å². The molecular weight excluding hydrogens is 368 g/mol. The summed E-state index contributed by atoms with van der Waals surface area (Å²) in [6, 6.07) is 16.2. The summed E-state index contributed by atoms with van der Waals surface area (Å²) in [5.74, 6) is 2.01. The molecule has 0 spiro atoms. The van der Waals surface area contributed by atoms with Crippen LogP contribution >= 0.6 is 15.9 Å². The molecule has 0 saturated heterocycles. The lowest BCUT2D eigenvalue weighted by Crippen LogP contribution is -2.27. The van der Waals surface area contributed by atoms with Gasteiger partial charge in [-0.05, 0) is 35.0 Å². The number of aliphatic imine (C=N–C) groups is 1. The molecule has 1 unspecified atom stereocenters. The molecule has 24 heavy (non-hydrogen) atoms. The highest BCUT2D eigenvalue weighted by molar-refractivity contribution is 9.10. The van der Waals surface area contributed by atoms with Crippen LogP contribution in [-0.2, 0) is 0 Å². The van der Waals surface area contributed by atoms with E-state index >= 15 is 0 Å². The largest absolute Gasteiger partial charge is 0.366 e. The van der Waals surface area contributed by atoms with Gasteiger partial charge in [0.2, 0.25) is 5.82 Å². The van der Waals surface area contributed by atoms with Crippen molar-refractivity contribution in [2.45, 2.75) is 13.0 Å². The summed E-state index contributed by atoms with van der Waals surface area (Å²) < 4.78 is 6.33. The third-order valence-corrected chi connectivity index (χ3v) is 4.54. The lowest BCUT2D eigenvalue weighted by Gasteiger charge is -2.06. The van der Waals surface area contributed by atoms with Crippen molar-refractivity contribution in [3.63, 3.8) is 0 Å². The van der Waals surface area contributed by atoms with Crippen LogP contribution < -0.4 is 5.32 Å². The molecule has 0 radical (unpaired) electrons. The number of hydrogen-bond donors (Lipinski definition) is 1. The third kappa shape index (κ3) is 2.85. The fourth-order valence-electron chi connectivity index (χ4n) is 2.59. The van der Waals surface area contributed by atoms with Gasteiger partial charge in [0.25, 0.3) is 5.89 Å². The summed E-state index contributed by atoms with van der Waals surface area (Å²) in [5, 5.41) is 7.45. The highest BCUT2D eigenvalue weighted by atomic mass is 79.9. The van der Waals surface area contributed by atoms with Crippen LogP contribution in [0.1, 0.15) is 12.5 Å². The van der Waals surface area contributed by atoms with Crippen molar-refractivity contribution in [1.82, 2.24) is 15.5 Å². The summed E-state index contributed by atoms with van der Waals surface area (Å²) in [6.45, 7) is 2.94. The molecule has 0 fully saturated rings. The van der Waals surface area contributed by atoms with E-state index < -0.39 is 0 Å². The van der Waals surface area contributed by atoms with Gasteiger partial charge >= 0.3 is 0 Å². The zero-order chi connectivity index (χ0) is 16.5. The van der Waals surface area contributed by atoms with E-state index in [2.05, 4.69) is 43.3 Å². The first-order chi connectivity index (χ1) is 11.7. The smallest absolute Gasteiger partial charge is 0.259 e. The van der Waals surface area contributed by atoms with E-state index in [-0.39, 0.29) is 0 Å². The van der Waals surface area contributed by atoms with Gasteiger partial charge in [0, 0.05) is 21.6 Å². The Bertz CT molecular complexity index is 901. The van der Waals surface area contributed by atoms with E-state index in [0.717, 1.165) is 33.5 Å². The number of nitrogens with one attached hydrogen (secondary N) is 1. The minimum Gasteiger partial charge on any atom is -0.366 e. The second-order valence-corrected chi connectivity index (χ2v) is 6.57. The second kappa shape index (κ2) is 6.20. The first-order valence-corrected chi connectivity index (χ1v) is 8.50. The quantitative estimate of drug-likeness (QED) is 0.745. The lowest BCUT2D eigenvalue weighted by atomic mass is 10.1. The number of benzene rings is 2. The second-order valence-electron chi connectivity index (χ2n) is 5.72. The summed E-state index contributed by atoms with van der Waals surface area (Å²) in [7, 11) is 0. The minimum atomic E-state index is 0.392. The molecule has 0 amide bonds. The van der Waals surface area contributed by atoms with E-state index in [0.29, 0.717) is 17.8 Å². The van der Waals surface area contributed by atoms with Crippen molar-refractivity contribution in [1.29, 1.82) is 0 Å². The summed E-state index contributed by atoms with van der Waals surface area (Å²) >= 11 is 3.50. The van der Waals surface area contributed by atoms with Crippen LogP contribution in [0, 0.1) is 0 Å². The van der Waals surface area contributed by atoms with Crippen molar-refractivity contribution in [2.75, 3.05) is 6.54 Å². The van der Waals surface area contributed by atoms with Gasteiger partial charge in [-0.1, -0.05) is 41.6 Å². The summed E-state index contributed by atoms with van der Waals surface area (Å²) in [6.07, 6.45) is 0. The fourth-order valence-corrected chi connectivity index (χ4v) is 3.04. The van der Waals surface area contributed by atoms with Crippen LogP contribution in [0.25, 0.3) is 22.8 Å². The van der Waals surface area contributed by atoms with E-state index in [4.69, 9.17) is 4.52 Å². The number of nitrogens with zero attached hydrogens (tertiary/aromatic N) is 3. The van der Waals surface area contributed by atoms with Crippen molar-refractivity contribution in [3.8, 4) is 22.8 Å². The number of rotatable bonds is 3. The number of halogens is 1. The molecule has 2 heterocycles. The molecule has 2 aromatic carbocycles. The first-order valence-electron chi connectivity index (χ1n) is 7.71. The molecule has 1 atom stereocenters. The summed E-state index contributed by atoms with van der Waals surface area (Å²) in [5.41, 5.74) is 2.86. The molecule has 4 rings (SSSR count). The van der Waals surface area contributed by atoms with Crippen LogP contribution in [0.5, 0.6) is 0 Å². The van der Waals surface area contributed by atoms with Crippen LogP contribution in [0.3, 0.4) is 0 Å². The van der Waals surface area contributed by atoms with Gasteiger partial charge in [0.15, 0.2) is 0 Å². The van der Waals surface area contributed by atoms with E-state index in [1.807, 2.05) is 48.5 Å². The van der Waals surface area contributed by atoms with Crippen LogP contribution in [0.2, 0.25) is 0 Å². The predicted molar refractivity (Wildman–Crippen MR) is 96.9 cm³/mol. The van der Waals surface area contributed by atoms with Gasteiger partial charge in [0.1, 0.15) is 5.84 Å². The normalized spacial score (nSPS) is 16.8. The molecule has 1 aliphatic rings. The zero-order valence-electron chi connectivity index (χ0n) is 13.0. The highest BCUT2D eigenvalue weighted by Gasteiger charge is 2.16. The average molecular weight is 383 g/mol. The Morgan fingerprint density at radius 2 is 1.83 bits per heavy atom. The molecule has 1 aliphatic heterocycles. The monoisotopic (exact) mass is 382 g/mol. The van der Waals surface area contributed by atoms with Gasteiger partial charge in [0.05, 0.1) is 12.1 Å². The topological polar surface area (TPSA) is 63.3 Å². The Balaban J connectivity index is 1.60. The Morgan fingerprint density at radius 3 is 2.54 bits per heavy atom. The maximum absolute atomic E-state index is 5.40. The molecule has 1 aromatic heterocycles. The fraction of sp³-hybridized carbons (Fsp3) is 0.167. The molecule has 3 aromatic rings. The van der Waals surface area contributed by atoms with Crippen LogP contribution in [-0.4, -0.2) is 28.6 Å². The van der Waals surface area contributed by atoms with E-state index in [9.17, 15) is 0 Å². The molecule has 0 saturated carbocycles. The van der Waals surface area contributed by atoms with Gasteiger partial charge in [-0.15, -0.1) is 0 Å². The average Bonchev–Trinajstić information content (AvgIpc) is 3.25. The number of amidine groups is 1. The summed E-state index contributed by atoms with van der Waals surface area (Å²) in [4.78, 5) is 8.99. The Kier molecular flexibility index (Phi) is 3.90. The molecule has 6 heteroatoms. The van der Waals surface area contributed by atoms with Crippen molar-refractivity contribution in [2.24, 2.45) is 4.99 Å². The first kappa shape index (κ1) is 15.1. The van der Waals surface area contributed by atoms with Gasteiger partial charge in [-0.2, -0.15) is 4.98 Å². The Labute approximate surface area is 147 Å². The Morgan fingerprint density at radius 1 is 1.08 bits per heavy atom. The number of aromatic nitrogens is 2. The maximum Gasteiger partial charge on any atom is 0.259 e. The SMILES string of the molecule is CC1CN=C(c2ccc(-c3noc(-c4ccccc4Br)n3)cc2)N1. The van der Waals surface area contributed by atoms with Crippen LogP contribution in [0.4, 0.5) is 0 Å². The zero-order valence-corrected chi connectivity index (χ0v) is 14.6. The molecule has 1 N–H and O–H groups in total. The maximum atomic E-state index is 5.40. The highest BCUT2D eigenvalue weighted by Crippen LogP contribution is 2.28. The van der Waals surface area contributed by atoms with Crippen molar-refractivity contribution in [3.05, 3.63) is 58.6 Å². The third-order valence-electron chi connectivity index (χ3n) is 3.85. The van der Waals surface area contributed by atoms with Gasteiger partial charge in [-0.3, -0.25) is 4.99 Å². The van der Waals surface area contributed by atoms with Crippen LogP contribution in [0.15, 0.2) is 62.5 Å². The van der Waals surface area contributed by atoms with Crippen molar-refractivity contribution < 1.29 is 4.52 Å². The minimum absolute atomic E-state index is 0.392. The predicted octanol–water partition coefficient (Wildman–Crippen LogP) is 3.90. The van der Waals surface area contributed by atoms with Gasteiger partial charge < -0.3 is 9.84 Å². The molecule has 120 valence electrons. The van der Waals surface area contributed by atoms with E-state index in [1.54, 1.807) is 0 Å².